The van der Waals surface area contributed by atoms with Crippen molar-refractivity contribution in [1.29, 1.82) is 0 Å². The van der Waals surface area contributed by atoms with Gasteiger partial charge in [0.15, 0.2) is 0 Å². The monoisotopic (exact) mass is 350 g/mol. The maximum absolute atomic E-state index is 14.2. The average Bonchev–Trinajstić information content (AvgIpc) is 2.40. The fourth-order valence-electron chi connectivity index (χ4n) is 1.79. The predicted molar refractivity (Wildman–Crippen MR) is 87.7 cm³/mol. The smallest absolute Gasteiger partial charge is 0.136 e. The largest absolute Gasteiger partial charge is 0.206 e. The van der Waals surface area contributed by atoms with Crippen LogP contribution in [-0.4, -0.2) is 8.07 Å². The van der Waals surface area contributed by atoms with Crippen LogP contribution < -0.4 is 5.19 Å². The number of benzene rings is 2. The molecule has 0 radical (unpaired) electrons. The van der Waals surface area contributed by atoms with Crippen molar-refractivity contribution < 1.29 is 4.39 Å². The van der Waals surface area contributed by atoms with Crippen LogP contribution >= 0.6 is 15.9 Å². The van der Waals surface area contributed by atoms with Crippen LogP contribution in [-0.2, 0) is 0 Å². The summed E-state index contributed by atoms with van der Waals surface area (Å²) in [4.78, 5) is 0. The Hall–Kier alpha value is -1.33. The van der Waals surface area contributed by atoms with Gasteiger partial charge in [0.2, 0.25) is 0 Å². The fraction of sp³-hybridized carbons (Fsp3) is 0.200. The third-order valence-corrected chi connectivity index (χ3v) is 5.42. The fourth-order valence-corrected chi connectivity index (χ4v) is 3.79. The Morgan fingerprint density at radius 3 is 2.15 bits per heavy atom. The van der Waals surface area contributed by atoms with Gasteiger partial charge in [0, 0.05) is 0 Å². The van der Waals surface area contributed by atoms with Crippen molar-refractivity contribution in [2.45, 2.75) is 19.6 Å². The maximum atomic E-state index is 14.2. The standard InChI is InChI=1S/C15H16BrFN2Si/c1-20(2,3)14-10-12(9-13(16)15(14)17)19-18-11-7-5-4-6-8-11/h4-10H,1-3H3. The predicted octanol–water partition coefficient (Wildman–Crippen LogP) is 5.55. The van der Waals surface area contributed by atoms with E-state index in [1.54, 1.807) is 12.1 Å². The molecule has 2 rings (SSSR count). The van der Waals surface area contributed by atoms with Gasteiger partial charge in [-0.15, -0.1) is 0 Å². The number of rotatable bonds is 3. The third kappa shape index (κ3) is 3.61. The zero-order valence-corrected chi connectivity index (χ0v) is 14.3. The molecule has 0 amide bonds. The highest BCUT2D eigenvalue weighted by molar-refractivity contribution is 9.10. The van der Waals surface area contributed by atoms with Gasteiger partial charge in [0.05, 0.1) is 23.9 Å². The second-order valence-electron chi connectivity index (χ2n) is 5.57. The Morgan fingerprint density at radius 2 is 1.55 bits per heavy atom. The normalized spacial score (nSPS) is 12.1. The van der Waals surface area contributed by atoms with Crippen LogP contribution in [0.1, 0.15) is 0 Å². The van der Waals surface area contributed by atoms with E-state index in [-0.39, 0.29) is 5.82 Å². The molecule has 0 fully saturated rings. The first-order valence-corrected chi connectivity index (χ1v) is 10.6. The van der Waals surface area contributed by atoms with E-state index in [2.05, 4.69) is 45.8 Å². The first-order valence-electron chi connectivity index (χ1n) is 6.34. The van der Waals surface area contributed by atoms with Crippen LogP contribution in [0.3, 0.4) is 0 Å². The molecule has 0 spiro atoms. The Bertz CT molecular complexity index is 636. The van der Waals surface area contributed by atoms with E-state index in [9.17, 15) is 4.39 Å². The van der Waals surface area contributed by atoms with Gasteiger partial charge in [0.25, 0.3) is 0 Å². The molecule has 2 aromatic carbocycles. The highest BCUT2D eigenvalue weighted by Gasteiger charge is 2.23. The summed E-state index contributed by atoms with van der Waals surface area (Å²) in [5, 5.41) is 9.13. The van der Waals surface area contributed by atoms with E-state index in [4.69, 9.17) is 0 Å². The highest BCUT2D eigenvalue weighted by Crippen LogP contribution is 2.25. The summed E-state index contributed by atoms with van der Waals surface area (Å²) in [5.41, 5.74) is 1.45. The molecule has 0 aliphatic heterocycles. The van der Waals surface area contributed by atoms with Gasteiger partial charge in [-0.05, 0) is 45.4 Å². The quantitative estimate of drug-likeness (QED) is 0.512. The molecule has 20 heavy (non-hydrogen) atoms. The second kappa shape index (κ2) is 5.97. The Labute approximate surface area is 127 Å². The van der Waals surface area contributed by atoms with Gasteiger partial charge < -0.3 is 0 Å². The lowest BCUT2D eigenvalue weighted by Crippen LogP contribution is -2.40. The molecule has 0 saturated carbocycles. The van der Waals surface area contributed by atoms with Gasteiger partial charge in [-0.25, -0.2) is 4.39 Å². The third-order valence-electron chi connectivity index (χ3n) is 2.86. The van der Waals surface area contributed by atoms with E-state index in [0.717, 1.165) is 10.9 Å². The first kappa shape index (κ1) is 15.1. The molecule has 104 valence electrons. The number of halogens is 2. The molecule has 0 bridgehead atoms. The lowest BCUT2D eigenvalue weighted by Gasteiger charge is -2.18. The summed E-state index contributed by atoms with van der Waals surface area (Å²) < 4.78 is 14.6. The van der Waals surface area contributed by atoms with E-state index < -0.39 is 8.07 Å². The number of azo groups is 1. The minimum Gasteiger partial charge on any atom is -0.206 e. The van der Waals surface area contributed by atoms with Crippen molar-refractivity contribution in [3.8, 4) is 0 Å². The van der Waals surface area contributed by atoms with E-state index in [1.807, 2.05) is 30.3 Å². The topological polar surface area (TPSA) is 24.7 Å². The number of hydrogen-bond acceptors (Lipinski definition) is 2. The van der Waals surface area contributed by atoms with Crippen LogP contribution in [0.5, 0.6) is 0 Å². The molecule has 0 saturated heterocycles. The summed E-state index contributed by atoms with van der Waals surface area (Å²) in [7, 11) is -1.76. The van der Waals surface area contributed by atoms with Crippen LogP contribution in [0.2, 0.25) is 19.6 Å². The molecule has 0 atom stereocenters. The lowest BCUT2D eigenvalue weighted by atomic mass is 10.3. The van der Waals surface area contributed by atoms with Gasteiger partial charge >= 0.3 is 0 Å². The van der Waals surface area contributed by atoms with Gasteiger partial charge in [-0.3, -0.25) is 0 Å². The van der Waals surface area contributed by atoms with Crippen molar-refractivity contribution in [1.82, 2.24) is 0 Å². The van der Waals surface area contributed by atoms with E-state index in [0.29, 0.717) is 10.2 Å². The zero-order valence-electron chi connectivity index (χ0n) is 11.7. The summed E-state index contributed by atoms with van der Waals surface area (Å²) in [5.74, 6) is -0.178. The van der Waals surface area contributed by atoms with Crippen LogP contribution in [0.4, 0.5) is 15.8 Å². The Morgan fingerprint density at radius 1 is 0.950 bits per heavy atom. The van der Waals surface area contributed by atoms with Crippen molar-refractivity contribution in [2.75, 3.05) is 0 Å². The van der Waals surface area contributed by atoms with Crippen molar-refractivity contribution in [3.63, 3.8) is 0 Å². The highest BCUT2D eigenvalue weighted by atomic mass is 79.9. The summed E-state index contributed by atoms with van der Waals surface area (Å²) in [6.07, 6.45) is 0. The maximum Gasteiger partial charge on any atom is 0.136 e. The van der Waals surface area contributed by atoms with Crippen LogP contribution in [0, 0.1) is 5.82 Å². The summed E-state index contributed by atoms with van der Waals surface area (Å²) in [6, 6.07) is 13.0. The molecule has 0 heterocycles. The van der Waals surface area contributed by atoms with E-state index in [1.165, 1.54) is 0 Å². The van der Waals surface area contributed by atoms with Crippen molar-refractivity contribution in [3.05, 3.63) is 52.8 Å². The molecular weight excluding hydrogens is 335 g/mol. The van der Waals surface area contributed by atoms with E-state index >= 15 is 0 Å². The van der Waals surface area contributed by atoms with Gasteiger partial charge in [-0.1, -0.05) is 37.8 Å². The molecule has 0 N–H and O–H groups in total. The molecule has 0 aromatic heterocycles. The molecule has 0 aliphatic rings. The molecular formula is C15H16BrFN2Si. The number of nitrogens with zero attached hydrogens (tertiary/aromatic N) is 2. The minimum atomic E-state index is -1.76. The number of hydrogen-bond donors (Lipinski definition) is 0. The summed E-state index contributed by atoms with van der Waals surface area (Å²) >= 11 is 3.26. The van der Waals surface area contributed by atoms with Gasteiger partial charge in [0.1, 0.15) is 5.82 Å². The summed E-state index contributed by atoms with van der Waals surface area (Å²) in [6.45, 7) is 6.32. The average molecular weight is 351 g/mol. The Kier molecular flexibility index (Phi) is 4.50. The molecule has 2 aromatic rings. The minimum absolute atomic E-state index is 0.178. The Balaban J connectivity index is 2.39. The molecule has 0 aliphatic carbocycles. The SMILES string of the molecule is C[Si](C)(C)c1cc(N=Nc2ccccc2)cc(Br)c1F. The molecule has 2 nitrogen and oxygen atoms in total. The van der Waals surface area contributed by atoms with Gasteiger partial charge in [-0.2, -0.15) is 10.2 Å². The van der Waals surface area contributed by atoms with Crippen molar-refractivity contribution >= 4 is 40.6 Å². The molecule has 5 heteroatoms. The zero-order chi connectivity index (χ0) is 14.8. The first-order chi connectivity index (χ1) is 9.38. The lowest BCUT2D eigenvalue weighted by molar-refractivity contribution is 0.628. The van der Waals surface area contributed by atoms with Crippen LogP contribution in [0.15, 0.2) is 57.2 Å². The molecule has 0 unspecified atom stereocenters. The second-order valence-corrected chi connectivity index (χ2v) is 11.5. The van der Waals surface area contributed by atoms with Crippen molar-refractivity contribution in [2.24, 2.45) is 10.2 Å². The van der Waals surface area contributed by atoms with Crippen LogP contribution in [0.25, 0.3) is 0 Å².